The SMILES string of the molecule is CC1(C)OB(c2ccc3c4ccccc4n(-c4nc(-c5ccc6c(c5)-c5ccccc5C6CCc5ccccc5)c5ccccc5n4)c3c2)OC1(C)C. The van der Waals surface area contributed by atoms with Gasteiger partial charge in [-0.3, -0.25) is 4.57 Å². The van der Waals surface area contributed by atoms with E-state index in [1.165, 1.54) is 27.8 Å². The summed E-state index contributed by atoms with van der Waals surface area (Å²) in [4.78, 5) is 10.7. The predicted molar refractivity (Wildman–Crippen MR) is 217 cm³/mol. The van der Waals surface area contributed by atoms with Gasteiger partial charge in [0.1, 0.15) is 0 Å². The fourth-order valence-electron chi connectivity index (χ4n) is 8.43. The lowest BCUT2D eigenvalue weighted by molar-refractivity contribution is 0.00578. The van der Waals surface area contributed by atoms with Gasteiger partial charge in [-0.25, -0.2) is 9.97 Å². The normalized spacial score (nSPS) is 17.1. The summed E-state index contributed by atoms with van der Waals surface area (Å²) in [7, 11) is -0.477. The molecule has 1 unspecified atom stereocenters. The summed E-state index contributed by atoms with van der Waals surface area (Å²) in [6.07, 6.45) is 2.10. The van der Waals surface area contributed by atoms with Crippen LogP contribution in [0.4, 0.5) is 0 Å². The monoisotopic (exact) mass is 689 g/mol. The smallest absolute Gasteiger partial charge is 0.399 e. The molecule has 53 heavy (non-hydrogen) atoms. The van der Waals surface area contributed by atoms with E-state index in [-0.39, 0.29) is 0 Å². The Hall–Kier alpha value is -5.56. The number of rotatable bonds is 6. The highest BCUT2D eigenvalue weighted by Gasteiger charge is 2.51. The zero-order valence-electron chi connectivity index (χ0n) is 30.5. The minimum atomic E-state index is -0.477. The molecule has 0 bridgehead atoms. The van der Waals surface area contributed by atoms with Crippen LogP contribution >= 0.6 is 0 Å². The fourth-order valence-corrected chi connectivity index (χ4v) is 8.43. The van der Waals surface area contributed by atoms with E-state index < -0.39 is 18.3 Å². The number of benzene rings is 6. The van der Waals surface area contributed by atoms with Gasteiger partial charge in [0.15, 0.2) is 0 Å². The standard InChI is InChI=1S/C47H40BN3O2/c1-46(2)47(3,4)53-48(52-46)32-24-27-38-37-18-11-13-21-42(37)51(43(38)29-32)45-49-41-20-12-10-19-39(41)44(50-45)31-23-26-36-35(25-22-30-14-6-5-7-15-30)33-16-8-9-17-34(33)40(36)28-31/h5-21,23-24,26-29,35H,22,25H2,1-4H3. The minimum absolute atomic E-state index is 0.351. The molecule has 0 amide bonds. The number of nitrogens with zero attached hydrogens (tertiary/aromatic N) is 3. The number of aromatic nitrogens is 3. The summed E-state index contributed by atoms with van der Waals surface area (Å²) in [6.45, 7) is 8.37. The molecule has 1 fully saturated rings. The van der Waals surface area contributed by atoms with Gasteiger partial charge in [-0.15, -0.1) is 0 Å². The van der Waals surface area contributed by atoms with Gasteiger partial charge in [0.2, 0.25) is 5.95 Å². The lowest BCUT2D eigenvalue weighted by atomic mass is 9.79. The Bertz CT molecular complexity index is 2700. The van der Waals surface area contributed by atoms with Crippen molar-refractivity contribution in [2.75, 3.05) is 0 Å². The molecule has 3 heterocycles. The molecule has 10 rings (SSSR count). The second-order valence-corrected chi connectivity index (χ2v) is 15.6. The van der Waals surface area contributed by atoms with Crippen LogP contribution in [0.25, 0.3) is 61.0 Å². The van der Waals surface area contributed by atoms with E-state index >= 15 is 0 Å². The molecule has 1 saturated heterocycles. The molecule has 6 heteroatoms. The average Bonchev–Trinajstić information content (AvgIpc) is 3.76. The highest BCUT2D eigenvalue weighted by atomic mass is 16.7. The van der Waals surface area contributed by atoms with E-state index in [0.29, 0.717) is 11.9 Å². The maximum atomic E-state index is 6.50. The fraction of sp³-hybridized carbons (Fsp3) is 0.191. The molecule has 6 aromatic carbocycles. The summed E-state index contributed by atoms with van der Waals surface area (Å²) in [5, 5.41) is 3.31. The molecule has 0 radical (unpaired) electrons. The second-order valence-electron chi connectivity index (χ2n) is 15.6. The Morgan fingerprint density at radius 3 is 2.11 bits per heavy atom. The third-order valence-electron chi connectivity index (χ3n) is 11.9. The molecule has 258 valence electrons. The third-order valence-corrected chi connectivity index (χ3v) is 11.9. The lowest BCUT2D eigenvalue weighted by Crippen LogP contribution is -2.41. The Morgan fingerprint density at radius 2 is 1.28 bits per heavy atom. The van der Waals surface area contributed by atoms with Crippen LogP contribution in [0, 0.1) is 0 Å². The van der Waals surface area contributed by atoms with E-state index in [1.807, 2.05) is 0 Å². The van der Waals surface area contributed by atoms with Crippen LogP contribution in [0.15, 0.2) is 140 Å². The average molecular weight is 690 g/mol. The molecule has 1 aliphatic heterocycles. The predicted octanol–water partition coefficient (Wildman–Crippen LogP) is 10.4. The Kier molecular flexibility index (Phi) is 7.27. The van der Waals surface area contributed by atoms with Gasteiger partial charge < -0.3 is 9.31 Å². The lowest BCUT2D eigenvalue weighted by Gasteiger charge is -2.32. The van der Waals surface area contributed by atoms with Crippen LogP contribution < -0.4 is 5.46 Å². The first-order chi connectivity index (χ1) is 25.8. The Balaban J connectivity index is 1.13. The highest BCUT2D eigenvalue weighted by Crippen LogP contribution is 2.48. The maximum Gasteiger partial charge on any atom is 0.494 e. The van der Waals surface area contributed by atoms with E-state index in [2.05, 4.69) is 172 Å². The van der Waals surface area contributed by atoms with Gasteiger partial charge in [0, 0.05) is 27.6 Å². The summed E-state index contributed by atoms with van der Waals surface area (Å²) in [5.74, 6) is 0.988. The van der Waals surface area contributed by atoms with Crippen LogP contribution in [-0.2, 0) is 15.7 Å². The van der Waals surface area contributed by atoms with Crippen LogP contribution in [-0.4, -0.2) is 32.9 Å². The van der Waals surface area contributed by atoms with Crippen molar-refractivity contribution >= 4 is 45.3 Å². The van der Waals surface area contributed by atoms with E-state index in [0.717, 1.165) is 62.3 Å². The first-order valence-electron chi connectivity index (χ1n) is 18.7. The van der Waals surface area contributed by atoms with Gasteiger partial charge in [-0.05, 0) is 98.1 Å². The van der Waals surface area contributed by atoms with Crippen molar-refractivity contribution in [1.82, 2.24) is 14.5 Å². The molecule has 1 atom stereocenters. The summed E-state index contributed by atoms with van der Waals surface area (Å²) < 4.78 is 15.2. The van der Waals surface area contributed by atoms with Crippen molar-refractivity contribution in [3.63, 3.8) is 0 Å². The van der Waals surface area contributed by atoms with Crippen molar-refractivity contribution in [2.45, 2.75) is 57.7 Å². The van der Waals surface area contributed by atoms with Crippen LogP contribution in [0.2, 0.25) is 0 Å². The first-order valence-corrected chi connectivity index (χ1v) is 18.7. The summed E-state index contributed by atoms with van der Waals surface area (Å²) in [6, 6.07) is 50.1. The van der Waals surface area contributed by atoms with Gasteiger partial charge in [0.05, 0.1) is 33.4 Å². The van der Waals surface area contributed by atoms with E-state index in [1.54, 1.807) is 0 Å². The molecule has 8 aromatic rings. The largest absolute Gasteiger partial charge is 0.494 e. The summed E-state index contributed by atoms with van der Waals surface area (Å²) >= 11 is 0. The van der Waals surface area contributed by atoms with Gasteiger partial charge in [0.25, 0.3) is 0 Å². The number of para-hydroxylation sites is 2. The summed E-state index contributed by atoms with van der Waals surface area (Å²) in [5.41, 5.74) is 11.9. The molecular weight excluding hydrogens is 649 g/mol. The number of hydrogen-bond acceptors (Lipinski definition) is 4. The molecule has 2 aliphatic rings. The molecular formula is C47H40BN3O2. The maximum absolute atomic E-state index is 6.50. The van der Waals surface area contributed by atoms with Gasteiger partial charge in [-0.2, -0.15) is 0 Å². The molecule has 1 aliphatic carbocycles. The zero-order valence-corrected chi connectivity index (χ0v) is 30.5. The molecule has 5 nitrogen and oxygen atoms in total. The molecule has 0 spiro atoms. The third kappa shape index (κ3) is 5.15. The Labute approximate surface area is 310 Å². The molecule has 0 saturated carbocycles. The van der Waals surface area contributed by atoms with Crippen LogP contribution in [0.1, 0.15) is 56.7 Å². The van der Waals surface area contributed by atoms with Crippen LogP contribution in [0.3, 0.4) is 0 Å². The minimum Gasteiger partial charge on any atom is -0.399 e. The number of aryl methyl sites for hydroxylation is 1. The van der Waals surface area contributed by atoms with Crippen molar-refractivity contribution in [3.8, 4) is 28.3 Å². The van der Waals surface area contributed by atoms with Crippen molar-refractivity contribution < 1.29 is 9.31 Å². The highest BCUT2D eigenvalue weighted by molar-refractivity contribution is 6.62. The van der Waals surface area contributed by atoms with Gasteiger partial charge in [-0.1, -0.05) is 115 Å². The second kappa shape index (κ2) is 12.0. The van der Waals surface area contributed by atoms with Crippen LogP contribution in [0.5, 0.6) is 0 Å². The van der Waals surface area contributed by atoms with Crippen molar-refractivity contribution in [1.29, 1.82) is 0 Å². The Morgan fingerprint density at radius 1 is 0.604 bits per heavy atom. The van der Waals surface area contributed by atoms with Gasteiger partial charge >= 0.3 is 7.12 Å². The molecule has 0 N–H and O–H groups in total. The number of fused-ring (bicyclic) bond motifs is 7. The topological polar surface area (TPSA) is 49.2 Å². The van der Waals surface area contributed by atoms with Crippen molar-refractivity contribution in [2.24, 2.45) is 0 Å². The van der Waals surface area contributed by atoms with Crippen molar-refractivity contribution in [3.05, 3.63) is 156 Å². The zero-order chi connectivity index (χ0) is 35.9. The first kappa shape index (κ1) is 32.1. The van der Waals surface area contributed by atoms with E-state index in [4.69, 9.17) is 19.3 Å². The molecule has 2 aromatic heterocycles. The quantitative estimate of drug-likeness (QED) is 0.163. The van der Waals surface area contributed by atoms with E-state index in [9.17, 15) is 0 Å². The number of hydrogen-bond donors (Lipinski definition) is 0.